The smallest absolute Gasteiger partial charge is 0.325 e. The first kappa shape index (κ1) is 16.9. The molecule has 2 N–H and O–H groups in total. The molecule has 0 unspecified atom stereocenters. The highest BCUT2D eigenvalue weighted by atomic mass is 16.5. The lowest BCUT2D eigenvalue weighted by molar-refractivity contribution is -0.137. The summed E-state index contributed by atoms with van der Waals surface area (Å²) in [6, 6.07) is 4.75. The van der Waals surface area contributed by atoms with Crippen molar-refractivity contribution in [1.82, 2.24) is 14.8 Å². The van der Waals surface area contributed by atoms with Crippen LogP contribution < -0.4 is 10.1 Å². The summed E-state index contributed by atoms with van der Waals surface area (Å²) in [7, 11) is 0. The summed E-state index contributed by atoms with van der Waals surface area (Å²) in [5.74, 6) is -0.621. The lowest BCUT2D eigenvalue weighted by Crippen LogP contribution is -2.20. The molecule has 0 atom stereocenters. The first-order chi connectivity index (χ1) is 12.1. The normalized spacial score (nSPS) is 14.9. The molecule has 2 heterocycles. The third-order valence-corrected chi connectivity index (χ3v) is 4.02. The average Bonchev–Trinajstić information content (AvgIpc) is 3.02. The van der Waals surface area contributed by atoms with E-state index in [2.05, 4.69) is 15.4 Å². The SMILES string of the molecule is O=C(O)Cn1ccc(NC(=O)c2ccnc(OC3CCCCC3)c2)n1. The topological polar surface area (TPSA) is 106 Å². The molecule has 0 radical (unpaired) electrons. The fourth-order valence-corrected chi connectivity index (χ4v) is 2.81. The fraction of sp³-hybridized carbons (Fsp3) is 0.412. The zero-order valence-electron chi connectivity index (χ0n) is 13.7. The number of carbonyl (C=O) groups is 2. The minimum absolute atomic E-state index is 0.159. The highest BCUT2D eigenvalue weighted by molar-refractivity contribution is 6.03. The summed E-state index contributed by atoms with van der Waals surface area (Å²) in [5, 5.41) is 15.4. The predicted octanol–water partition coefficient (Wildman–Crippen LogP) is 2.33. The molecule has 25 heavy (non-hydrogen) atoms. The van der Waals surface area contributed by atoms with Gasteiger partial charge in [0, 0.05) is 30.1 Å². The molecule has 8 heteroatoms. The van der Waals surface area contributed by atoms with E-state index in [9.17, 15) is 9.59 Å². The van der Waals surface area contributed by atoms with Crippen LogP contribution in [-0.2, 0) is 11.3 Å². The highest BCUT2D eigenvalue weighted by Gasteiger charge is 2.16. The first-order valence-electron chi connectivity index (χ1n) is 8.29. The Hall–Kier alpha value is -2.90. The number of rotatable bonds is 6. The van der Waals surface area contributed by atoms with Gasteiger partial charge >= 0.3 is 5.97 Å². The van der Waals surface area contributed by atoms with E-state index >= 15 is 0 Å². The largest absolute Gasteiger partial charge is 0.480 e. The van der Waals surface area contributed by atoms with E-state index < -0.39 is 5.97 Å². The van der Waals surface area contributed by atoms with Crippen LogP contribution in [0.3, 0.4) is 0 Å². The van der Waals surface area contributed by atoms with Crippen LogP contribution in [0.2, 0.25) is 0 Å². The lowest BCUT2D eigenvalue weighted by atomic mass is 9.98. The summed E-state index contributed by atoms with van der Waals surface area (Å²) in [5.41, 5.74) is 0.411. The molecule has 2 aromatic rings. The Kier molecular flexibility index (Phi) is 5.27. The van der Waals surface area contributed by atoms with Gasteiger partial charge in [0.05, 0.1) is 0 Å². The molecule has 0 bridgehead atoms. The lowest BCUT2D eigenvalue weighted by Gasteiger charge is -2.22. The van der Waals surface area contributed by atoms with Crippen molar-refractivity contribution in [2.75, 3.05) is 5.32 Å². The molecule has 1 fully saturated rings. The average molecular weight is 344 g/mol. The van der Waals surface area contributed by atoms with Gasteiger partial charge < -0.3 is 15.2 Å². The Balaban J connectivity index is 1.62. The number of pyridine rings is 1. The summed E-state index contributed by atoms with van der Waals surface area (Å²) in [6.07, 6.45) is 8.77. The minimum Gasteiger partial charge on any atom is -0.480 e. The highest BCUT2D eigenvalue weighted by Crippen LogP contribution is 2.22. The molecular formula is C17H20N4O4. The van der Waals surface area contributed by atoms with Crippen LogP contribution in [0.1, 0.15) is 42.5 Å². The molecule has 1 aliphatic rings. The van der Waals surface area contributed by atoms with Gasteiger partial charge in [-0.2, -0.15) is 5.10 Å². The van der Waals surface area contributed by atoms with Gasteiger partial charge in [-0.25, -0.2) is 4.98 Å². The maximum atomic E-state index is 12.3. The number of amides is 1. The molecule has 132 valence electrons. The Bertz CT molecular complexity index is 753. The van der Waals surface area contributed by atoms with Crippen LogP contribution in [0.15, 0.2) is 30.6 Å². The van der Waals surface area contributed by atoms with Crippen molar-refractivity contribution < 1.29 is 19.4 Å². The van der Waals surface area contributed by atoms with Gasteiger partial charge in [-0.1, -0.05) is 6.42 Å². The van der Waals surface area contributed by atoms with Crippen LogP contribution in [0.5, 0.6) is 5.88 Å². The second-order valence-corrected chi connectivity index (χ2v) is 6.01. The maximum Gasteiger partial charge on any atom is 0.325 e. The number of aromatic nitrogens is 3. The summed E-state index contributed by atoms with van der Waals surface area (Å²) in [6.45, 7) is -0.259. The summed E-state index contributed by atoms with van der Waals surface area (Å²) < 4.78 is 7.11. The number of carboxylic acid groups (broad SMARTS) is 1. The number of anilines is 1. The van der Waals surface area contributed by atoms with Crippen LogP contribution in [0.4, 0.5) is 5.82 Å². The third-order valence-electron chi connectivity index (χ3n) is 4.02. The number of hydrogen-bond donors (Lipinski definition) is 2. The number of carbonyl (C=O) groups excluding carboxylic acids is 1. The number of nitrogens with zero attached hydrogens (tertiary/aromatic N) is 3. The van der Waals surface area contributed by atoms with Crippen molar-refractivity contribution >= 4 is 17.7 Å². The Morgan fingerprint density at radius 3 is 2.84 bits per heavy atom. The Labute approximate surface area is 144 Å². The second-order valence-electron chi connectivity index (χ2n) is 6.01. The van der Waals surface area contributed by atoms with Gasteiger partial charge in [-0.3, -0.25) is 14.3 Å². The van der Waals surface area contributed by atoms with E-state index in [0.717, 1.165) is 25.7 Å². The number of ether oxygens (including phenoxy) is 1. The van der Waals surface area contributed by atoms with Crippen molar-refractivity contribution in [3.8, 4) is 5.88 Å². The van der Waals surface area contributed by atoms with E-state index in [-0.39, 0.29) is 24.4 Å². The van der Waals surface area contributed by atoms with E-state index in [0.29, 0.717) is 11.4 Å². The molecule has 1 aliphatic carbocycles. The van der Waals surface area contributed by atoms with Crippen LogP contribution in [-0.4, -0.2) is 37.9 Å². The molecule has 0 aliphatic heterocycles. The number of nitrogens with one attached hydrogen (secondary N) is 1. The molecule has 2 aromatic heterocycles. The fourth-order valence-electron chi connectivity index (χ4n) is 2.81. The van der Waals surface area contributed by atoms with Crippen molar-refractivity contribution in [2.45, 2.75) is 44.8 Å². The van der Waals surface area contributed by atoms with E-state index in [1.165, 1.54) is 23.5 Å². The Morgan fingerprint density at radius 2 is 2.08 bits per heavy atom. The minimum atomic E-state index is -1.00. The maximum absolute atomic E-state index is 12.3. The summed E-state index contributed by atoms with van der Waals surface area (Å²) >= 11 is 0. The zero-order chi connectivity index (χ0) is 17.6. The number of hydrogen-bond acceptors (Lipinski definition) is 5. The molecule has 8 nitrogen and oxygen atoms in total. The van der Waals surface area contributed by atoms with Gasteiger partial charge in [-0.15, -0.1) is 0 Å². The molecule has 1 amide bonds. The van der Waals surface area contributed by atoms with Gasteiger partial charge in [0.25, 0.3) is 5.91 Å². The van der Waals surface area contributed by atoms with Gasteiger partial charge in [0.1, 0.15) is 12.6 Å². The van der Waals surface area contributed by atoms with Crippen molar-refractivity contribution in [1.29, 1.82) is 0 Å². The van der Waals surface area contributed by atoms with Crippen molar-refractivity contribution in [3.63, 3.8) is 0 Å². The third kappa shape index (κ3) is 4.79. The van der Waals surface area contributed by atoms with Crippen LogP contribution >= 0.6 is 0 Å². The van der Waals surface area contributed by atoms with Gasteiger partial charge in [-0.05, 0) is 31.7 Å². The molecule has 0 aromatic carbocycles. The van der Waals surface area contributed by atoms with Gasteiger partial charge in [0.2, 0.25) is 5.88 Å². The molecular weight excluding hydrogens is 324 g/mol. The van der Waals surface area contributed by atoms with Crippen molar-refractivity contribution in [2.24, 2.45) is 0 Å². The van der Waals surface area contributed by atoms with E-state index in [1.807, 2.05) is 0 Å². The molecule has 1 saturated carbocycles. The van der Waals surface area contributed by atoms with Crippen LogP contribution in [0, 0.1) is 0 Å². The first-order valence-corrected chi connectivity index (χ1v) is 8.29. The zero-order valence-corrected chi connectivity index (χ0v) is 13.7. The quantitative estimate of drug-likeness (QED) is 0.833. The number of aliphatic carboxylic acids is 1. The monoisotopic (exact) mass is 344 g/mol. The van der Waals surface area contributed by atoms with Crippen molar-refractivity contribution in [3.05, 3.63) is 36.2 Å². The molecule has 0 spiro atoms. The van der Waals surface area contributed by atoms with Crippen LogP contribution in [0.25, 0.3) is 0 Å². The molecule has 3 rings (SSSR count). The van der Waals surface area contributed by atoms with E-state index in [1.54, 1.807) is 18.2 Å². The Morgan fingerprint density at radius 1 is 1.28 bits per heavy atom. The summed E-state index contributed by atoms with van der Waals surface area (Å²) in [4.78, 5) is 27.2. The predicted molar refractivity (Wildman–Crippen MR) is 89.6 cm³/mol. The van der Waals surface area contributed by atoms with Gasteiger partial charge in [0.15, 0.2) is 5.82 Å². The number of carboxylic acids is 1. The standard InChI is InChI=1S/C17H20N4O4/c22-16(23)11-21-9-7-14(20-21)19-17(24)12-6-8-18-15(10-12)25-13-4-2-1-3-5-13/h6-10,13H,1-5,11H2,(H,22,23)(H,19,20,24). The molecule has 0 saturated heterocycles. The van der Waals surface area contributed by atoms with E-state index in [4.69, 9.17) is 9.84 Å². The second kappa shape index (κ2) is 7.78.